The summed E-state index contributed by atoms with van der Waals surface area (Å²) in [6.07, 6.45) is 3.60. The number of aromatic nitrogens is 2. The van der Waals surface area contributed by atoms with Crippen molar-refractivity contribution in [2.45, 2.75) is 53.4 Å². The smallest absolute Gasteiger partial charge is 0.178 e. The van der Waals surface area contributed by atoms with Gasteiger partial charge in [-0.2, -0.15) is 0 Å². The van der Waals surface area contributed by atoms with Crippen LogP contribution in [-0.2, 0) is 9.47 Å². The van der Waals surface area contributed by atoms with Gasteiger partial charge < -0.3 is 9.47 Å². The molecule has 2 aromatic heterocycles. The van der Waals surface area contributed by atoms with Crippen LogP contribution in [0.15, 0.2) is 46.4 Å². The second-order valence-corrected chi connectivity index (χ2v) is 8.50. The predicted octanol–water partition coefficient (Wildman–Crippen LogP) is 4.79. The first kappa shape index (κ1) is 29.1. The van der Waals surface area contributed by atoms with E-state index < -0.39 is 0 Å². The molecule has 0 aromatic carbocycles. The van der Waals surface area contributed by atoms with E-state index in [-0.39, 0.29) is 11.6 Å². The second-order valence-electron chi connectivity index (χ2n) is 8.50. The summed E-state index contributed by atoms with van der Waals surface area (Å²) in [4.78, 5) is 40.7. The summed E-state index contributed by atoms with van der Waals surface area (Å²) in [7, 11) is 0. The van der Waals surface area contributed by atoms with Gasteiger partial charge in [0, 0.05) is 53.4 Å². The summed E-state index contributed by atoms with van der Waals surface area (Å²) >= 11 is 0. The summed E-state index contributed by atoms with van der Waals surface area (Å²) in [5.74, 6) is -0.0922. The quantitative estimate of drug-likeness (QED) is 0.178. The van der Waals surface area contributed by atoms with Gasteiger partial charge in [0.05, 0.1) is 22.8 Å². The van der Waals surface area contributed by atoms with Crippen LogP contribution in [0.3, 0.4) is 0 Å². The number of unbranched alkanes of at least 4 members (excludes halogenated alkanes) is 1. The maximum absolute atomic E-state index is 11.5. The van der Waals surface area contributed by atoms with Crippen molar-refractivity contribution in [2.24, 2.45) is 9.98 Å². The highest BCUT2D eigenvalue weighted by Gasteiger charge is 2.05. The fourth-order valence-corrected chi connectivity index (χ4v) is 3.27. The van der Waals surface area contributed by atoms with E-state index in [1.165, 1.54) is 13.8 Å². The molecule has 36 heavy (non-hydrogen) atoms. The summed E-state index contributed by atoms with van der Waals surface area (Å²) < 4.78 is 11.4. The van der Waals surface area contributed by atoms with E-state index in [0.29, 0.717) is 50.9 Å². The molecule has 0 spiro atoms. The van der Waals surface area contributed by atoms with Crippen molar-refractivity contribution in [3.05, 3.63) is 59.2 Å². The third-order valence-corrected chi connectivity index (χ3v) is 5.38. The van der Waals surface area contributed by atoms with Crippen LogP contribution in [0.5, 0.6) is 0 Å². The van der Waals surface area contributed by atoms with Crippen LogP contribution in [0, 0.1) is 0 Å². The Balaban J connectivity index is 1.47. The zero-order valence-corrected chi connectivity index (χ0v) is 22.0. The summed E-state index contributed by atoms with van der Waals surface area (Å²) in [5, 5.41) is 0. The van der Waals surface area contributed by atoms with Gasteiger partial charge in [-0.3, -0.25) is 19.6 Å². The molecule has 0 N–H and O–H groups in total. The lowest BCUT2D eigenvalue weighted by atomic mass is 10.2. The van der Waals surface area contributed by atoms with Gasteiger partial charge in [0.1, 0.15) is 11.4 Å². The zero-order valence-electron chi connectivity index (χ0n) is 22.0. The van der Waals surface area contributed by atoms with Crippen LogP contribution in [0.25, 0.3) is 0 Å². The minimum Gasteiger partial charge on any atom is -0.381 e. The lowest BCUT2D eigenvalue weighted by molar-refractivity contribution is 0.100. The molecule has 2 heterocycles. The molecule has 0 aliphatic heterocycles. The monoisotopic (exact) mass is 494 g/mol. The average molecular weight is 495 g/mol. The van der Waals surface area contributed by atoms with E-state index in [2.05, 4.69) is 20.0 Å². The van der Waals surface area contributed by atoms with Gasteiger partial charge in [-0.1, -0.05) is 12.1 Å². The standard InChI is InChI=1S/C28H38N4O4/c1-21(25-11-7-13-27(31-25)23(3)33)29-15-9-19-35-17-5-6-18-36-20-10-16-30-22(2)26-12-8-14-28(32-26)24(4)34/h7-8,11-14H,5-6,9-10,15-20H2,1-4H3. The van der Waals surface area contributed by atoms with Crippen molar-refractivity contribution in [3.8, 4) is 0 Å². The van der Waals surface area contributed by atoms with Gasteiger partial charge >= 0.3 is 0 Å². The number of nitrogens with zero attached hydrogens (tertiary/aromatic N) is 4. The van der Waals surface area contributed by atoms with Gasteiger partial charge in [0.2, 0.25) is 0 Å². The SMILES string of the molecule is CC(=O)c1cccc(C(C)=NCCCOCCCCOCCCN=C(C)c2cccc(C(C)=O)n2)n1. The first-order valence-electron chi connectivity index (χ1n) is 12.5. The van der Waals surface area contributed by atoms with Crippen molar-refractivity contribution in [2.75, 3.05) is 39.5 Å². The molecule has 2 aromatic rings. The first-order valence-corrected chi connectivity index (χ1v) is 12.5. The molecule has 0 radical (unpaired) electrons. The lowest BCUT2D eigenvalue weighted by Crippen LogP contribution is -2.06. The Morgan fingerprint density at radius 3 is 1.36 bits per heavy atom. The molecular formula is C28H38N4O4. The Hall–Kier alpha value is -3.10. The fraction of sp³-hybridized carbons (Fsp3) is 0.500. The molecule has 0 unspecified atom stereocenters. The van der Waals surface area contributed by atoms with Gasteiger partial charge in [0.15, 0.2) is 11.6 Å². The molecule has 0 amide bonds. The third kappa shape index (κ3) is 11.1. The molecule has 0 bridgehead atoms. The van der Waals surface area contributed by atoms with Gasteiger partial charge in [0.25, 0.3) is 0 Å². The van der Waals surface area contributed by atoms with Crippen LogP contribution < -0.4 is 0 Å². The van der Waals surface area contributed by atoms with Crippen molar-refractivity contribution in [1.29, 1.82) is 0 Å². The average Bonchev–Trinajstić information content (AvgIpc) is 2.88. The van der Waals surface area contributed by atoms with Gasteiger partial charge in [-0.15, -0.1) is 0 Å². The topological polar surface area (TPSA) is 103 Å². The van der Waals surface area contributed by atoms with Crippen LogP contribution in [0.1, 0.15) is 85.7 Å². The molecule has 0 aliphatic carbocycles. The molecule has 0 aliphatic rings. The Bertz CT molecular complexity index is 966. The molecule has 2 rings (SSSR count). The van der Waals surface area contributed by atoms with Crippen molar-refractivity contribution in [3.63, 3.8) is 0 Å². The third-order valence-electron chi connectivity index (χ3n) is 5.38. The van der Waals surface area contributed by atoms with Gasteiger partial charge in [-0.05, 0) is 63.8 Å². The maximum atomic E-state index is 11.5. The Kier molecular flexibility index (Phi) is 13.4. The lowest BCUT2D eigenvalue weighted by Gasteiger charge is -2.06. The molecular weight excluding hydrogens is 456 g/mol. The van der Waals surface area contributed by atoms with Crippen LogP contribution in [0.2, 0.25) is 0 Å². The number of hydrogen-bond donors (Lipinski definition) is 0. The largest absolute Gasteiger partial charge is 0.381 e. The number of carbonyl (C=O) groups is 2. The normalized spacial score (nSPS) is 12.1. The Morgan fingerprint density at radius 1 is 0.611 bits per heavy atom. The van der Waals surface area contributed by atoms with Crippen molar-refractivity contribution < 1.29 is 19.1 Å². The Morgan fingerprint density at radius 2 is 0.972 bits per heavy atom. The molecule has 0 atom stereocenters. The van der Waals surface area contributed by atoms with Crippen molar-refractivity contribution in [1.82, 2.24) is 9.97 Å². The highest BCUT2D eigenvalue weighted by molar-refractivity contribution is 5.99. The van der Waals surface area contributed by atoms with E-state index in [1.54, 1.807) is 12.1 Å². The number of carbonyl (C=O) groups excluding carboxylic acids is 2. The molecule has 0 saturated carbocycles. The van der Waals surface area contributed by atoms with E-state index >= 15 is 0 Å². The van der Waals surface area contributed by atoms with E-state index in [0.717, 1.165) is 48.5 Å². The highest BCUT2D eigenvalue weighted by atomic mass is 16.5. The second kappa shape index (κ2) is 16.5. The summed E-state index contributed by atoms with van der Waals surface area (Å²) in [6.45, 7) is 10.9. The fourth-order valence-electron chi connectivity index (χ4n) is 3.27. The van der Waals surface area contributed by atoms with E-state index in [4.69, 9.17) is 9.47 Å². The van der Waals surface area contributed by atoms with Crippen LogP contribution in [-0.4, -0.2) is 72.5 Å². The Labute approximate surface area is 214 Å². The van der Waals surface area contributed by atoms with Crippen LogP contribution in [0.4, 0.5) is 0 Å². The molecule has 8 nitrogen and oxygen atoms in total. The summed E-state index contributed by atoms with van der Waals surface area (Å²) in [5.41, 5.74) is 4.06. The maximum Gasteiger partial charge on any atom is 0.178 e. The van der Waals surface area contributed by atoms with Crippen molar-refractivity contribution >= 4 is 23.0 Å². The number of rotatable bonds is 17. The summed E-state index contributed by atoms with van der Waals surface area (Å²) in [6, 6.07) is 10.8. The number of ether oxygens (including phenoxy) is 2. The number of pyridine rings is 2. The minimum absolute atomic E-state index is 0.0461. The zero-order chi connectivity index (χ0) is 26.2. The number of hydrogen-bond acceptors (Lipinski definition) is 8. The molecule has 8 heteroatoms. The predicted molar refractivity (Wildman–Crippen MR) is 143 cm³/mol. The highest BCUT2D eigenvalue weighted by Crippen LogP contribution is 2.04. The van der Waals surface area contributed by atoms with E-state index in [1.807, 2.05) is 38.1 Å². The minimum atomic E-state index is -0.0461. The first-order chi connectivity index (χ1) is 17.4. The molecule has 0 fully saturated rings. The number of Topliss-reactive ketones (excluding diaryl/α,β-unsaturated/α-hetero) is 2. The molecule has 194 valence electrons. The van der Waals surface area contributed by atoms with Crippen LogP contribution >= 0.6 is 0 Å². The van der Waals surface area contributed by atoms with Gasteiger partial charge in [-0.25, -0.2) is 9.97 Å². The number of ketones is 2. The number of aliphatic imine (C=N–C) groups is 2. The molecule has 0 saturated heterocycles. The van der Waals surface area contributed by atoms with E-state index in [9.17, 15) is 9.59 Å².